The average molecular weight is 476 g/mol. The Balaban J connectivity index is 1.48. The number of likely N-dealkylation sites (tertiary alicyclic amines) is 1. The van der Waals surface area contributed by atoms with Crippen LogP contribution in [0.5, 0.6) is 11.5 Å². The number of fused-ring (bicyclic) bond motifs is 1. The van der Waals surface area contributed by atoms with E-state index in [9.17, 15) is 4.79 Å². The molecule has 0 bridgehead atoms. The Hall–Kier alpha value is -2.59. The van der Waals surface area contributed by atoms with Crippen molar-refractivity contribution in [1.82, 2.24) is 4.90 Å². The predicted octanol–water partition coefficient (Wildman–Crippen LogP) is 7.11. The number of ether oxygens (including phenoxy) is 2. The highest BCUT2D eigenvalue weighted by Crippen LogP contribution is 2.37. The summed E-state index contributed by atoms with van der Waals surface area (Å²) in [6.45, 7) is 6.25. The lowest BCUT2D eigenvalue weighted by molar-refractivity contribution is 0.105. The highest BCUT2D eigenvalue weighted by atomic mass is 16.5. The number of methoxy groups -OCH3 is 1. The summed E-state index contributed by atoms with van der Waals surface area (Å²) in [6.07, 6.45) is 11.7. The second kappa shape index (κ2) is 12.9. The molecule has 0 saturated carbocycles. The number of unbranched alkanes of at least 4 members (excludes halogenated alkanes) is 3. The number of hydrogen-bond acceptors (Lipinski definition) is 4. The van der Waals surface area contributed by atoms with Gasteiger partial charge in [0.2, 0.25) is 0 Å². The van der Waals surface area contributed by atoms with Gasteiger partial charge in [0.25, 0.3) is 0 Å². The molecule has 0 atom stereocenters. The van der Waals surface area contributed by atoms with Crippen molar-refractivity contribution in [1.29, 1.82) is 0 Å². The minimum Gasteiger partial charge on any atom is -0.497 e. The molecule has 4 heteroatoms. The molecule has 0 N–H and O–H groups in total. The minimum absolute atomic E-state index is 0.126. The Bertz CT molecular complexity index is 1000. The molecule has 0 spiro atoms. The summed E-state index contributed by atoms with van der Waals surface area (Å²) in [5.74, 6) is 1.82. The Morgan fingerprint density at radius 3 is 2.43 bits per heavy atom. The lowest BCUT2D eigenvalue weighted by Crippen LogP contribution is -2.33. The van der Waals surface area contributed by atoms with Gasteiger partial charge in [0, 0.05) is 17.7 Å². The van der Waals surface area contributed by atoms with Crippen molar-refractivity contribution in [3.63, 3.8) is 0 Å². The van der Waals surface area contributed by atoms with Crippen LogP contribution in [0, 0.1) is 0 Å². The third-order valence-corrected chi connectivity index (χ3v) is 7.43. The van der Waals surface area contributed by atoms with E-state index in [1.807, 2.05) is 30.3 Å². The number of hydrogen-bond donors (Lipinski definition) is 0. The quantitative estimate of drug-likeness (QED) is 0.242. The molecule has 4 nitrogen and oxygen atoms in total. The molecule has 1 aliphatic heterocycles. The van der Waals surface area contributed by atoms with Crippen LogP contribution in [0.4, 0.5) is 0 Å². The van der Waals surface area contributed by atoms with Crippen LogP contribution >= 0.6 is 0 Å². The Labute approximate surface area is 211 Å². The van der Waals surface area contributed by atoms with Crippen LogP contribution in [0.15, 0.2) is 48.0 Å². The molecule has 0 aromatic heterocycles. The van der Waals surface area contributed by atoms with Gasteiger partial charge in [-0.05, 0) is 99.1 Å². The van der Waals surface area contributed by atoms with Crippen molar-refractivity contribution in [3.05, 3.63) is 64.7 Å². The summed E-state index contributed by atoms with van der Waals surface area (Å²) in [5.41, 5.74) is 5.24. The van der Waals surface area contributed by atoms with E-state index in [0.717, 1.165) is 60.4 Å². The summed E-state index contributed by atoms with van der Waals surface area (Å²) in [6, 6.07) is 13.9. The van der Waals surface area contributed by atoms with Gasteiger partial charge < -0.3 is 9.47 Å². The van der Waals surface area contributed by atoms with Gasteiger partial charge in [-0.15, -0.1) is 0 Å². The molecule has 0 radical (unpaired) electrons. The summed E-state index contributed by atoms with van der Waals surface area (Å²) in [7, 11) is 1.70. The van der Waals surface area contributed by atoms with Crippen molar-refractivity contribution in [2.24, 2.45) is 0 Å². The molecule has 2 aromatic rings. The first-order valence-electron chi connectivity index (χ1n) is 13.6. The Kier molecular flexibility index (Phi) is 9.42. The molecule has 2 aromatic carbocycles. The molecule has 35 heavy (non-hydrogen) atoms. The highest BCUT2D eigenvalue weighted by Gasteiger charge is 2.25. The number of piperidine rings is 1. The lowest BCUT2D eigenvalue weighted by Gasteiger charge is -2.26. The van der Waals surface area contributed by atoms with E-state index in [1.54, 1.807) is 7.11 Å². The monoisotopic (exact) mass is 475 g/mol. The highest BCUT2D eigenvalue weighted by molar-refractivity contribution is 6.30. The fourth-order valence-corrected chi connectivity index (χ4v) is 5.37. The maximum absolute atomic E-state index is 13.8. The van der Waals surface area contributed by atoms with Gasteiger partial charge >= 0.3 is 0 Å². The van der Waals surface area contributed by atoms with Crippen LogP contribution in [0.2, 0.25) is 0 Å². The molecule has 4 rings (SSSR count). The van der Waals surface area contributed by atoms with Crippen molar-refractivity contribution in [2.45, 2.75) is 71.1 Å². The van der Waals surface area contributed by atoms with Gasteiger partial charge in [-0.1, -0.05) is 44.2 Å². The maximum atomic E-state index is 13.8. The smallest absolute Gasteiger partial charge is 0.193 e. The molecular formula is C31H41NO3. The van der Waals surface area contributed by atoms with Crippen LogP contribution in [-0.4, -0.2) is 44.0 Å². The number of aryl methyl sites for hydroxylation is 1. The molecule has 1 saturated heterocycles. The van der Waals surface area contributed by atoms with E-state index in [2.05, 4.69) is 24.0 Å². The summed E-state index contributed by atoms with van der Waals surface area (Å²) in [5, 5.41) is 0. The molecule has 0 unspecified atom stereocenters. The fourth-order valence-electron chi connectivity index (χ4n) is 5.37. The number of nitrogens with zero attached hydrogens (tertiary/aromatic N) is 1. The zero-order chi connectivity index (χ0) is 24.5. The summed E-state index contributed by atoms with van der Waals surface area (Å²) >= 11 is 0. The molecule has 2 aliphatic rings. The van der Waals surface area contributed by atoms with Crippen LogP contribution in [-0.2, 0) is 6.42 Å². The molecule has 0 amide bonds. The van der Waals surface area contributed by atoms with E-state index in [4.69, 9.17) is 9.47 Å². The topological polar surface area (TPSA) is 38.8 Å². The largest absolute Gasteiger partial charge is 0.497 e. The first kappa shape index (κ1) is 25.5. The predicted molar refractivity (Wildman–Crippen MR) is 144 cm³/mol. The third kappa shape index (κ3) is 6.76. The van der Waals surface area contributed by atoms with Gasteiger partial charge in [0.1, 0.15) is 18.1 Å². The molecule has 1 aliphatic carbocycles. The van der Waals surface area contributed by atoms with Gasteiger partial charge in [-0.3, -0.25) is 9.69 Å². The minimum atomic E-state index is 0.126. The maximum Gasteiger partial charge on any atom is 0.193 e. The van der Waals surface area contributed by atoms with Crippen molar-refractivity contribution >= 4 is 11.4 Å². The first-order chi connectivity index (χ1) is 17.2. The average Bonchev–Trinajstić information content (AvgIpc) is 2.91. The van der Waals surface area contributed by atoms with E-state index in [1.165, 1.54) is 62.8 Å². The number of benzene rings is 2. The molecule has 1 heterocycles. The van der Waals surface area contributed by atoms with Crippen molar-refractivity contribution in [3.8, 4) is 11.5 Å². The second-order valence-corrected chi connectivity index (χ2v) is 9.92. The summed E-state index contributed by atoms with van der Waals surface area (Å²) < 4.78 is 11.4. The molecule has 188 valence electrons. The Morgan fingerprint density at radius 2 is 1.69 bits per heavy atom. The Morgan fingerprint density at radius 1 is 0.914 bits per heavy atom. The van der Waals surface area contributed by atoms with E-state index < -0.39 is 0 Å². The van der Waals surface area contributed by atoms with Gasteiger partial charge in [0.05, 0.1) is 7.11 Å². The third-order valence-electron chi connectivity index (χ3n) is 7.43. The molecule has 1 fully saturated rings. The van der Waals surface area contributed by atoms with E-state index in [-0.39, 0.29) is 5.78 Å². The van der Waals surface area contributed by atoms with E-state index >= 15 is 0 Å². The fraction of sp³-hybridized carbons (Fsp3) is 0.516. The van der Waals surface area contributed by atoms with Gasteiger partial charge in [0.15, 0.2) is 5.78 Å². The van der Waals surface area contributed by atoms with Gasteiger partial charge in [-0.2, -0.15) is 0 Å². The number of allylic oxidation sites excluding steroid dienone is 2. The molecular weight excluding hydrogens is 434 g/mol. The number of Topliss-reactive ketones (excluding diaryl/α,β-unsaturated/α-hetero) is 1. The van der Waals surface area contributed by atoms with Gasteiger partial charge in [-0.25, -0.2) is 0 Å². The first-order valence-corrected chi connectivity index (χ1v) is 13.6. The zero-order valence-corrected chi connectivity index (χ0v) is 21.6. The zero-order valence-electron chi connectivity index (χ0n) is 21.6. The van der Waals surface area contributed by atoms with E-state index in [0.29, 0.717) is 6.61 Å². The van der Waals surface area contributed by atoms with Crippen molar-refractivity contribution < 1.29 is 14.3 Å². The normalized spacial score (nSPS) is 16.2. The van der Waals surface area contributed by atoms with Crippen LogP contribution in [0.25, 0.3) is 5.57 Å². The lowest BCUT2D eigenvalue weighted by atomic mass is 9.80. The number of carbonyl (C=O) groups is 1. The van der Waals surface area contributed by atoms with Crippen LogP contribution in [0.3, 0.4) is 0 Å². The van der Waals surface area contributed by atoms with Crippen molar-refractivity contribution in [2.75, 3.05) is 33.4 Å². The number of ketones is 1. The number of carbonyl (C=O) groups excluding carboxylic acids is 1. The second-order valence-electron chi connectivity index (χ2n) is 9.92. The van der Waals surface area contributed by atoms with Crippen LogP contribution < -0.4 is 9.47 Å². The van der Waals surface area contributed by atoms with Crippen LogP contribution in [0.1, 0.15) is 86.2 Å². The summed E-state index contributed by atoms with van der Waals surface area (Å²) in [4.78, 5) is 16.3. The number of rotatable bonds is 12. The standard InChI is InChI=1S/C31H41NO3/c1-3-4-5-7-10-24-11-12-26-23-28(34-2)17-18-29(26)30(24)31(33)25-13-15-27(16-14-25)35-22-21-32-19-8-6-9-20-32/h13-18,23H,3-12,19-22H2,1-2H3. The SMILES string of the molecule is CCCCCCC1=C(C(=O)c2ccc(OCCN3CCCCC3)cc2)c2ccc(OC)cc2CC1.